The largest absolute Gasteiger partial charge is 0.491 e. The predicted octanol–water partition coefficient (Wildman–Crippen LogP) is 2.15. The predicted molar refractivity (Wildman–Crippen MR) is 94.4 cm³/mol. The molecule has 4 heterocycles. The molecule has 2 aromatic heterocycles. The Morgan fingerprint density at radius 2 is 2.20 bits per heavy atom. The molecular formula is C18H20N2O4S. The summed E-state index contributed by atoms with van der Waals surface area (Å²) in [7, 11) is 1.43. The number of methoxy groups -OCH3 is 1. The average molecular weight is 360 g/mol. The summed E-state index contributed by atoms with van der Waals surface area (Å²) in [6.07, 6.45) is 3.97. The van der Waals surface area contributed by atoms with Gasteiger partial charge in [0.2, 0.25) is 5.43 Å². The van der Waals surface area contributed by atoms with Crippen LogP contribution in [0.1, 0.15) is 33.8 Å². The Kier molecular flexibility index (Phi) is 4.13. The van der Waals surface area contributed by atoms with Gasteiger partial charge in [0.1, 0.15) is 11.3 Å². The van der Waals surface area contributed by atoms with E-state index in [4.69, 9.17) is 9.47 Å². The van der Waals surface area contributed by atoms with Crippen molar-refractivity contribution in [2.45, 2.75) is 24.9 Å². The zero-order valence-electron chi connectivity index (χ0n) is 14.0. The zero-order chi connectivity index (χ0) is 17.4. The highest BCUT2D eigenvalue weighted by atomic mass is 32.1. The van der Waals surface area contributed by atoms with Gasteiger partial charge in [-0.15, -0.1) is 11.3 Å². The number of carbonyl (C=O) groups excluding carboxylic acids is 1. The first-order chi connectivity index (χ1) is 12.1. The average Bonchev–Trinajstić information content (AvgIpc) is 3.12. The molecule has 1 fully saturated rings. The maximum absolute atomic E-state index is 12.7. The summed E-state index contributed by atoms with van der Waals surface area (Å²) in [5.41, 5.74) is 1.14. The first-order valence-electron chi connectivity index (χ1n) is 8.40. The molecule has 132 valence electrons. The lowest BCUT2D eigenvalue weighted by atomic mass is 9.85. The highest BCUT2D eigenvalue weighted by Gasteiger charge is 2.42. The van der Waals surface area contributed by atoms with Crippen LogP contribution >= 0.6 is 11.3 Å². The van der Waals surface area contributed by atoms with E-state index >= 15 is 0 Å². The number of carbonyl (C=O) groups is 1. The molecule has 0 atom stereocenters. The number of fused-ring (bicyclic) bond motifs is 2. The van der Waals surface area contributed by atoms with Gasteiger partial charge in [-0.05, 0) is 36.3 Å². The Hall–Kier alpha value is -2.12. The van der Waals surface area contributed by atoms with Gasteiger partial charge in [0.15, 0.2) is 5.75 Å². The molecule has 0 unspecified atom stereocenters. The Labute approximate surface area is 149 Å². The minimum atomic E-state index is -0.295. The monoisotopic (exact) mass is 360 g/mol. The normalized spacial score (nSPS) is 18.8. The molecule has 1 saturated heterocycles. The molecule has 0 radical (unpaired) electrons. The van der Waals surface area contributed by atoms with E-state index in [0.717, 1.165) is 25.9 Å². The molecule has 2 aliphatic heterocycles. The van der Waals surface area contributed by atoms with Crippen LogP contribution in [-0.2, 0) is 16.8 Å². The van der Waals surface area contributed by atoms with Gasteiger partial charge < -0.3 is 19.4 Å². The van der Waals surface area contributed by atoms with Crippen molar-refractivity contribution in [2.24, 2.45) is 0 Å². The first-order valence-corrected chi connectivity index (χ1v) is 9.28. The smallest absolute Gasteiger partial charge is 0.270 e. The molecule has 1 spiro atoms. The Morgan fingerprint density at radius 3 is 2.92 bits per heavy atom. The van der Waals surface area contributed by atoms with Gasteiger partial charge in [0.25, 0.3) is 5.91 Å². The second kappa shape index (κ2) is 6.31. The molecule has 2 aromatic rings. The van der Waals surface area contributed by atoms with Crippen LogP contribution in [0.15, 0.2) is 28.5 Å². The topological polar surface area (TPSA) is 71.6 Å². The lowest BCUT2D eigenvalue weighted by Gasteiger charge is -2.43. The van der Waals surface area contributed by atoms with Crippen molar-refractivity contribution in [1.29, 1.82) is 0 Å². The van der Waals surface area contributed by atoms with Gasteiger partial charge >= 0.3 is 0 Å². The van der Waals surface area contributed by atoms with E-state index in [1.54, 1.807) is 16.2 Å². The highest BCUT2D eigenvalue weighted by Crippen LogP contribution is 2.44. The van der Waals surface area contributed by atoms with Gasteiger partial charge in [0, 0.05) is 30.2 Å². The lowest BCUT2D eigenvalue weighted by Crippen LogP contribution is -2.48. The van der Waals surface area contributed by atoms with Gasteiger partial charge in [-0.25, -0.2) is 0 Å². The summed E-state index contributed by atoms with van der Waals surface area (Å²) in [5, 5.41) is 2.13. The number of ether oxygens (including phenoxy) is 2. The zero-order valence-corrected chi connectivity index (χ0v) is 14.9. The molecule has 25 heavy (non-hydrogen) atoms. The molecule has 4 rings (SSSR count). The number of hydrogen-bond donors (Lipinski definition) is 1. The Balaban J connectivity index is 1.50. The SMILES string of the molecule is COc1c[nH]c(C(=O)N2CCC3(CC2)OCCc2ccsc23)cc1=O. The fourth-order valence-corrected chi connectivity index (χ4v) is 4.88. The van der Waals surface area contributed by atoms with Crippen LogP contribution in [0.2, 0.25) is 0 Å². The molecule has 2 aliphatic rings. The van der Waals surface area contributed by atoms with Gasteiger partial charge in [-0.2, -0.15) is 0 Å². The summed E-state index contributed by atoms with van der Waals surface area (Å²) in [5.74, 6) is 0.0480. The molecular weight excluding hydrogens is 340 g/mol. The van der Waals surface area contributed by atoms with E-state index in [2.05, 4.69) is 16.4 Å². The summed E-state index contributed by atoms with van der Waals surface area (Å²) in [6.45, 7) is 1.97. The van der Waals surface area contributed by atoms with Crippen LogP contribution in [0.3, 0.4) is 0 Å². The van der Waals surface area contributed by atoms with Crippen LogP contribution in [0.4, 0.5) is 0 Å². The van der Waals surface area contributed by atoms with E-state index in [1.165, 1.54) is 29.8 Å². The van der Waals surface area contributed by atoms with Crippen LogP contribution in [0.25, 0.3) is 0 Å². The van der Waals surface area contributed by atoms with E-state index in [0.29, 0.717) is 18.8 Å². The van der Waals surface area contributed by atoms with Crippen LogP contribution in [0.5, 0.6) is 5.75 Å². The number of piperidine rings is 1. The van der Waals surface area contributed by atoms with Crippen molar-refractivity contribution in [3.8, 4) is 5.75 Å². The summed E-state index contributed by atoms with van der Waals surface area (Å²) >= 11 is 1.75. The molecule has 1 amide bonds. The third-order valence-electron chi connectivity index (χ3n) is 5.10. The van der Waals surface area contributed by atoms with Crippen molar-refractivity contribution in [1.82, 2.24) is 9.88 Å². The fraction of sp³-hybridized carbons (Fsp3) is 0.444. The second-order valence-electron chi connectivity index (χ2n) is 6.44. The van der Waals surface area contributed by atoms with E-state index in [-0.39, 0.29) is 22.7 Å². The van der Waals surface area contributed by atoms with Gasteiger partial charge in [-0.3, -0.25) is 9.59 Å². The second-order valence-corrected chi connectivity index (χ2v) is 7.36. The molecule has 0 bridgehead atoms. The third kappa shape index (κ3) is 2.77. The van der Waals surface area contributed by atoms with Crippen molar-refractivity contribution in [3.63, 3.8) is 0 Å². The maximum atomic E-state index is 12.7. The number of pyridine rings is 1. The van der Waals surface area contributed by atoms with Crippen molar-refractivity contribution in [3.05, 3.63) is 50.1 Å². The number of amides is 1. The molecule has 7 heteroatoms. The molecule has 0 aliphatic carbocycles. The van der Waals surface area contributed by atoms with Crippen LogP contribution in [-0.4, -0.2) is 42.6 Å². The number of nitrogens with zero attached hydrogens (tertiary/aromatic N) is 1. The molecule has 0 aromatic carbocycles. The molecule has 1 N–H and O–H groups in total. The Morgan fingerprint density at radius 1 is 1.40 bits per heavy atom. The number of aromatic amines is 1. The minimum Gasteiger partial charge on any atom is -0.491 e. The van der Waals surface area contributed by atoms with Gasteiger partial charge in [-0.1, -0.05) is 0 Å². The fourth-order valence-electron chi connectivity index (χ4n) is 3.71. The van der Waals surface area contributed by atoms with E-state index in [1.807, 2.05) is 0 Å². The number of nitrogens with one attached hydrogen (secondary N) is 1. The number of aromatic nitrogens is 1. The highest BCUT2D eigenvalue weighted by molar-refractivity contribution is 7.10. The van der Waals surface area contributed by atoms with Crippen molar-refractivity contribution >= 4 is 17.2 Å². The summed E-state index contributed by atoms with van der Waals surface area (Å²) in [4.78, 5) is 30.5. The summed E-state index contributed by atoms with van der Waals surface area (Å²) < 4.78 is 11.1. The number of H-pyrrole nitrogens is 1. The van der Waals surface area contributed by atoms with E-state index in [9.17, 15) is 9.59 Å². The van der Waals surface area contributed by atoms with Gasteiger partial charge in [0.05, 0.1) is 13.7 Å². The van der Waals surface area contributed by atoms with Crippen molar-refractivity contribution in [2.75, 3.05) is 26.8 Å². The molecule has 6 nitrogen and oxygen atoms in total. The van der Waals surface area contributed by atoms with Crippen LogP contribution in [0, 0.1) is 0 Å². The maximum Gasteiger partial charge on any atom is 0.270 e. The quantitative estimate of drug-likeness (QED) is 0.891. The first kappa shape index (κ1) is 16.4. The van der Waals surface area contributed by atoms with E-state index < -0.39 is 0 Å². The van der Waals surface area contributed by atoms with Crippen LogP contribution < -0.4 is 10.2 Å². The number of likely N-dealkylation sites (tertiary alicyclic amines) is 1. The van der Waals surface area contributed by atoms with Crippen molar-refractivity contribution < 1.29 is 14.3 Å². The third-order valence-corrected chi connectivity index (χ3v) is 6.24. The standard InChI is InChI=1S/C18H20N2O4S/c1-23-15-11-19-13(10-14(15)21)17(22)20-6-4-18(5-7-20)16-12(2-8-24-18)3-9-25-16/h3,9-11H,2,4-8H2,1H3,(H,19,21). The minimum absolute atomic E-state index is 0.156. The number of rotatable bonds is 2. The molecule has 0 saturated carbocycles. The Bertz CT molecular complexity index is 849. The lowest BCUT2D eigenvalue weighted by molar-refractivity contribution is -0.0906. The summed E-state index contributed by atoms with van der Waals surface area (Å²) in [6, 6.07) is 3.49. The number of hydrogen-bond acceptors (Lipinski definition) is 5. The number of thiophene rings is 1.